The molecule has 4 nitrogen and oxygen atoms in total. The Balaban J connectivity index is 2.44. The normalized spacial score (nSPS) is 10.1. The second-order valence-electron chi connectivity index (χ2n) is 3.45. The van der Waals surface area contributed by atoms with Gasteiger partial charge in [-0.2, -0.15) is 0 Å². The fourth-order valence-corrected chi connectivity index (χ4v) is 1.59. The Hall–Kier alpha value is -1.29. The van der Waals surface area contributed by atoms with E-state index in [2.05, 4.69) is 5.32 Å². The third-order valence-electron chi connectivity index (χ3n) is 2.23. The maximum Gasteiger partial charge on any atom is 0.292 e. The predicted octanol–water partition coefficient (Wildman–Crippen LogP) is 3.42. The summed E-state index contributed by atoms with van der Waals surface area (Å²) in [5, 5.41) is 13.8. The van der Waals surface area contributed by atoms with Crippen LogP contribution in [-0.4, -0.2) is 17.3 Å². The zero-order chi connectivity index (χ0) is 11.8. The Morgan fingerprint density at radius 1 is 1.25 bits per heavy atom. The van der Waals surface area contributed by atoms with Crippen LogP contribution < -0.4 is 5.32 Å². The van der Waals surface area contributed by atoms with Crippen molar-refractivity contribution >= 4 is 23.0 Å². The first-order valence-corrected chi connectivity index (χ1v) is 5.82. The molecule has 0 saturated carbocycles. The number of halogens is 1. The number of nitro groups is 1. The lowest BCUT2D eigenvalue weighted by molar-refractivity contribution is -0.384. The van der Waals surface area contributed by atoms with E-state index in [-0.39, 0.29) is 10.6 Å². The molecule has 0 fully saturated rings. The first kappa shape index (κ1) is 12.8. The smallest absolute Gasteiger partial charge is 0.292 e. The van der Waals surface area contributed by atoms with Crippen molar-refractivity contribution in [3.8, 4) is 0 Å². The van der Waals surface area contributed by atoms with Crippen LogP contribution >= 0.6 is 11.6 Å². The molecule has 0 atom stereocenters. The number of hydrogen-bond donors (Lipinski definition) is 1. The molecule has 0 radical (unpaired) electrons. The van der Waals surface area contributed by atoms with Gasteiger partial charge in [0.2, 0.25) is 0 Å². The summed E-state index contributed by atoms with van der Waals surface area (Å²) in [5.74, 6) is 0.672. The van der Waals surface area contributed by atoms with Crippen LogP contribution in [0.15, 0.2) is 24.3 Å². The first-order chi connectivity index (χ1) is 7.75. The van der Waals surface area contributed by atoms with Crippen LogP contribution in [0.3, 0.4) is 0 Å². The quantitative estimate of drug-likeness (QED) is 0.345. The molecule has 0 aliphatic carbocycles. The molecular weight excluding hydrogens is 228 g/mol. The molecular formula is C11H15ClN2O2. The van der Waals surface area contributed by atoms with E-state index in [1.54, 1.807) is 18.2 Å². The minimum atomic E-state index is -0.374. The molecule has 0 heterocycles. The van der Waals surface area contributed by atoms with E-state index in [0.717, 1.165) is 25.8 Å². The largest absolute Gasteiger partial charge is 0.379 e. The third kappa shape index (κ3) is 4.06. The molecule has 1 rings (SSSR count). The number of hydrogen-bond acceptors (Lipinski definition) is 3. The highest BCUT2D eigenvalue weighted by Crippen LogP contribution is 2.22. The summed E-state index contributed by atoms with van der Waals surface area (Å²) >= 11 is 5.55. The molecule has 0 aliphatic rings. The van der Waals surface area contributed by atoms with Gasteiger partial charge in [0.1, 0.15) is 5.69 Å². The van der Waals surface area contributed by atoms with Crippen LogP contribution in [0.5, 0.6) is 0 Å². The highest BCUT2D eigenvalue weighted by Gasteiger charge is 2.10. The average molecular weight is 243 g/mol. The lowest BCUT2D eigenvalue weighted by atomic mass is 10.2. The molecule has 0 unspecified atom stereocenters. The lowest BCUT2D eigenvalue weighted by Gasteiger charge is -2.06. The number of unbranched alkanes of at least 4 members (excludes halogenated alkanes) is 2. The zero-order valence-corrected chi connectivity index (χ0v) is 9.74. The molecule has 1 aromatic carbocycles. The second-order valence-corrected chi connectivity index (χ2v) is 3.83. The summed E-state index contributed by atoms with van der Waals surface area (Å²) in [7, 11) is 0. The number of anilines is 1. The SMILES string of the molecule is O=[N+]([O-])c1ccccc1NCCCCCCl. The van der Waals surface area contributed by atoms with E-state index in [0.29, 0.717) is 11.6 Å². The van der Waals surface area contributed by atoms with E-state index in [4.69, 9.17) is 11.6 Å². The Bertz CT molecular complexity index is 345. The van der Waals surface area contributed by atoms with Crippen molar-refractivity contribution < 1.29 is 4.92 Å². The maximum absolute atomic E-state index is 10.7. The molecule has 1 aromatic rings. The Morgan fingerprint density at radius 2 is 2.00 bits per heavy atom. The molecule has 0 saturated heterocycles. The number of nitro benzene ring substituents is 1. The minimum absolute atomic E-state index is 0.125. The summed E-state index contributed by atoms with van der Waals surface area (Å²) in [4.78, 5) is 10.3. The van der Waals surface area contributed by atoms with E-state index in [1.165, 1.54) is 6.07 Å². The van der Waals surface area contributed by atoms with Gasteiger partial charge in [-0.15, -0.1) is 11.6 Å². The van der Waals surface area contributed by atoms with Gasteiger partial charge in [-0.1, -0.05) is 18.6 Å². The number of nitrogens with zero attached hydrogens (tertiary/aromatic N) is 1. The molecule has 16 heavy (non-hydrogen) atoms. The van der Waals surface area contributed by atoms with Gasteiger partial charge in [0.05, 0.1) is 4.92 Å². The van der Waals surface area contributed by atoms with Crippen LogP contribution in [-0.2, 0) is 0 Å². The van der Waals surface area contributed by atoms with E-state index in [9.17, 15) is 10.1 Å². The summed E-state index contributed by atoms with van der Waals surface area (Å²) in [6.45, 7) is 0.738. The van der Waals surface area contributed by atoms with E-state index < -0.39 is 0 Å². The van der Waals surface area contributed by atoms with Gasteiger partial charge in [0.25, 0.3) is 5.69 Å². The van der Waals surface area contributed by atoms with E-state index in [1.807, 2.05) is 0 Å². The van der Waals surface area contributed by atoms with Crippen LogP contribution in [0.25, 0.3) is 0 Å². The molecule has 88 valence electrons. The second kappa shape index (κ2) is 7.06. The van der Waals surface area contributed by atoms with Crippen molar-refractivity contribution in [3.63, 3.8) is 0 Å². The third-order valence-corrected chi connectivity index (χ3v) is 2.49. The molecule has 5 heteroatoms. The zero-order valence-electron chi connectivity index (χ0n) is 8.99. The number of rotatable bonds is 7. The van der Waals surface area contributed by atoms with Gasteiger partial charge in [-0.25, -0.2) is 0 Å². The highest BCUT2D eigenvalue weighted by atomic mass is 35.5. The Kier molecular flexibility index (Phi) is 5.64. The first-order valence-electron chi connectivity index (χ1n) is 5.29. The summed E-state index contributed by atoms with van der Waals surface area (Å²) in [6.07, 6.45) is 3.00. The lowest BCUT2D eigenvalue weighted by Crippen LogP contribution is -2.04. The molecule has 0 aromatic heterocycles. The predicted molar refractivity (Wildman–Crippen MR) is 66.2 cm³/mol. The Labute approximate surface area is 99.8 Å². The number of benzene rings is 1. The van der Waals surface area contributed by atoms with Crippen molar-refractivity contribution in [2.24, 2.45) is 0 Å². The van der Waals surface area contributed by atoms with E-state index >= 15 is 0 Å². The van der Waals surface area contributed by atoms with Gasteiger partial charge in [0.15, 0.2) is 0 Å². The van der Waals surface area contributed by atoms with Crippen LogP contribution in [0.4, 0.5) is 11.4 Å². The minimum Gasteiger partial charge on any atom is -0.379 e. The van der Waals surface area contributed by atoms with Crippen LogP contribution in [0, 0.1) is 10.1 Å². The number of nitrogens with one attached hydrogen (secondary N) is 1. The van der Waals surface area contributed by atoms with Crippen LogP contribution in [0.1, 0.15) is 19.3 Å². The van der Waals surface area contributed by atoms with Crippen LogP contribution in [0.2, 0.25) is 0 Å². The van der Waals surface area contributed by atoms with Crippen molar-refractivity contribution in [1.82, 2.24) is 0 Å². The fraction of sp³-hybridized carbons (Fsp3) is 0.455. The number of alkyl halides is 1. The molecule has 0 aliphatic heterocycles. The number of para-hydroxylation sites is 2. The molecule has 0 spiro atoms. The van der Waals surface area contributed by atoms with Crippen molar-refractivity contribution in [2.45, 2.75) is 19.3 Å². The summed E-state index contributed by atoms with van der Waals surface area (Å²) in [6, 6.07) is 6.67. The average Bonchev–Trinajstić information content (AvgIpc) is 2.29. The maximum atomic E-state index is 10.7. The van der Waals surface area contributed by atoms with Crippen molar-refractivity contribution in [3.05, 3.63) is 34.4 Å². The fourth-order valence-electron chi connectivity index (χ4n) is 1.40. The van der Waals surface area contributed by atoms with Crippen molar-refractivity contribution in [2.75, 3.05) is 17.7 Å². The van der Waals surface area contributed by atoms with Gasteiger partial charge in [0, 0.05) is 18.5 Å². The standard InChI is InChI=1S/C11H15ClN2O2/c12-8-4-1-5-9-13-10-6-2-3-7-11(10)14(15)16/h2-3,6-7,13H,1,4-5,8-9H2. The monoisotopic (exact) mass is 242 g/mol. The highest BCUT2D eigenvalue weighted by molar-refractivity contribution is 6.17. The topological polar surface area (TPSA) is 55.2 Å². The van der Waals surface area contributed by atoms with Gasteiger partial charge >= 0.3 is 0 Å². The molecule has 0 amide bonds. The molecule has 1 N–H and O–H groups in total. The van der Waals surface area contributed by atoms with Gasteiger partial charge in [-0.3, -0.25) is 10.1 Å². The van der Waals surface area contributed by atoms with Crippen molar-refractivity contribution in [1.29, 1.82) is 0 Å². The Morgan fingerprint density at radius 3 is 2.69 bits per heavy atom. The summed E-state index contributed by atoms with van der Waals surface area (Å²) < 4.78 is 0. The van der Waals surface area contributed by atoms with Gasteiger partial charge in [-0.05, 0) is 18.9 Å². The van der Waals surface area contributed by atoms with Gasteiger partial charge < -0.3 is 5.32 Å². The molecule has 0 bridgehead atoms. The summed E-state index contributed by atoms with van der Waals surface area (Å²) in [5.41, 5.74) is 0.707.